The smallest absolute Gasteiger partial charge is 0.346 e. The summed E-state index contributed by atoms with van der Waals surface area (Å²) in [6, 6.07) is 6.53. The van der Waals surface area contributed by atoms with Crippen LogP contribution in [0, 0.1) is 0 Å². The van der Waals surface area contributed by atoms with Gasteiger partial charge in [0.2, 0.25) is 0 Å². The van der Waals surface area contributed by atoms with Crippen LogP contribution in [-0.4, -0.2) is 16.9 Å². The van der Waals surface area contributed by atoms with E-state index >= 15 is 0 Å². The molecule has 0 unspecified atom stereocenters. The van der Waals surface area contributed by atoms with Crippen molar-refractivity contribution in [2.45, 2.75) is 0 Å². The first-order valence-corrected chi connectivity index (χ1v) is 5.57. The summed E-state index contributed by atoms with van der Waals surface area (Å²) in [6.45, 7) is 0. The number of fused-ring (bicyclic) bond motifs is 1. The minimum absolute atomic E-state index is 0.359. The second-order valence-corrected chi connectivity index (χ2v) is 4.02. The molecule has 2 N–H and O–H groups in total. The lowest BCUT2D eigenvalue weighted by Crippen LogP contribution is -1.96. The van der Waals surface area contributed by atoms with Crippen molar-refractivity contribution in [1.82, 2.24) is 4.98 Å². The van der Waals surface area contributed by atoms with Crippen LogP contribution in [0.4, 0.5) is 5.13 Å². The Kier molecular flexibility index (Phi) is 3.15. The van der Waals surface area contributed by atoms with Crippen LogP contribution in [-0.2, 0) is 4.74 Å². The van der Waals surface area contributed by atoms with Crippen LogP contribution in [0.2, 0.25) is 0 Å². The van der Waals surface area contributed by atoms with Gasteiger partial charge in [0.25, 0.3) is 0 Å². The van der Waals surface area contributed by atoms with Crippen LogP contribution in [0.1, 0.15) is 20.7 Å². The normalized spacial score (nSPS) is 12.5. The Labute approximate surface area is 101 Å². The lowest BCUT2D eigenvalue weighted by molar-refractivity contribution is 0.0444. The number of cyclic esters (lactones) is 2. The minimum atomic E-state index is -0.550. The van der Waals surface area contributed by atoms with Crippen LogP contribution in [0.3, 0.4) is 0 Å². The van der Waals surface area contributed by atoms with Crippen LogP contribution in [0.15, 0.2) is 35.8 Å². The van der Waals surface area contributed by atoms with Gasteiger partial charge in [0.05, 0.1) is 11.1 Å². The molecule has 0 radical (unpaired) electrons. The number of nitrogens with zero attached hydrogens (tertiary/aromatic N) is 1. The second-order valence-electron chi connectivity index (χ2n) is 3.09. The van der Waals surface area contributed by atoms with Crippen molar-refractivity contribution < 1.29 is 14.3 Å². The van der Waals surface area contributed by atoms with Gasteiger partial charge in [-0.3, -0.25) is 0 Å². The molecule has 1 aromatic carbocycles. The molecule has 0 saturated heterocycles. The number of carbonyl (C=O) groups is 2. The van der Waals surface area contributed by atoms with Crippen molar-refractivity contribution in [1.29, 1.82) is 0 Å². The Morgan fingerprint density at radius 2 is 1.71 bits per heavy atom. The monoisotopic (exact) mass is 248 g/mol. The average Bonchev–Trinajstić information content (AvgIpc) is 2.90. The van der Waals surface area contributed by atoms with E-state index in [1.54, 1.807) is 30.5 Å². The lowest BCUT2D eigenvalue weighted by atomic mass is 10.1. The molecule has 86 valence electrons. The number of benzene rings is 1. The summed E-state index contributed by atoms with van der Waals surface area (Å²) in [5.41, 5.74) is 5.90. The number of esters is 2. The van der Waals surface area contributed by atoms with Gasteiger partial charge < -0.3 is 10.5 Å². The van der Waals surface area contributed by atoms with Crippen molar-refractivity contribution in [3.8, 4) is 0 Å². The molecule has 0 saturated carbocycles. The average molecular weight is 248 g/mol. The summed E-state index contributed by atoms with van der Waals surface area (Å²) in [5.74, 6) is -1.10. The number of hydrogen-bond acceptors (Lipinski definition) is 6. The molecule has 0 spiro atoms. The first-order valence-electron chi connectivity index (χ1n) is 4.69. The van der Waals surface area contributed by atoms with Gasteiger partial charge in [-0.15, -0.1) is 11.3 Å². The quantitative estimate of drug-likeness (QED) is 0.567. The zero-order valence-electron chi connectivity index (χ0n) is 8.62. The maximum Gasteiger partial charge on any atom is 0.346 e. The molecule has 2 heterocycles. The Morgan fingerprint density at radius 3 is 2.06 bits per heavy atom. The number of thiazole rings is 1. The number of anilines is 1. The first-order chi connectivity index (χ1) is 8.18. The van der Waals surface area contributed by atoms with E-state index < -0.39 is 11.9 Å². The molecule has 6 heteroatoms. The number of rotatable bonds is 0. The van der Waals surface area contributed by atoms with E-state index in [1.165, 1.54) is 11.3 Å². The maximum absolute atomic E-state index is 10.8. The Balaban J connectivity index is 0.000000153. The van der Waals surface area contributed by atoms with Gasteiger partial charge >= 0.3 is 11.9 Å². The summed E-state index contributed by atoms with van der Waals surface area (Å²) < 4.78 is 4.35. The molecular formula is C11H8N2O3S. The number of ether oxygens (including phenoxy) is 1. The summed E-state index contributed by atoms with van der Waals surface area (Å²) >= 11 is 1.44. The molecule has 0 aliphatic carbocycles. The molecule has 0 amide bonds. The van der Waals surface area contributed by atoms with E-state index in [2.05, 4.69) is 9.72 Å². The van der Waals surface area contributed by atoms with Crippen LogP contribution >= 0.6 is 11.3 Å². The molecule has 5 nitrogen and oxygen atoms in total. The van der Waals surface area contributed by atoms with Gasteiger partial charge in [0, 0.05) is 11.6 Å². The van der Waals surface area contributed by atoms with Crippen LogP contribution < -0.4 is 5.73 Å². The minimum Gasteiger partial charge on any atom is -0.386 e. The van der Waals surface area contributed by atoms with Crippen molar-refractivity contribution >= 4 is 28.4 Å². The zero-order valence-corrected chi connectivity index (χ0v) is 9.44. The predicted molar refractivity (Wildman–Crippen MR) is 62.7 cm³/mol. The van der Waals surface area contributed by atoms with Gasteiger partial charge in [-0.1, -0.05) is 12.1 Å². The molecule has 0 atom stereocenters. The predicted octanol–water partition coefficient (Wildman–Crippen LogP) is 1.72. The van der Waals surface area contributed by atoms with E-state index in [1.807, 2.05) is 5.38 Å². The van der Waals surface area contributed by atoms with E-state index in [0.29, 0.717) is 16.3 Å². The number of nitrogens with two attached hydrogens (primary N) is 1. The highest BCUT2D eigenvalue weighted by atomic mass is 32.1. The van der Waals surface area contributed by atoms with Crippen molar-refractivity contribution in [3.63, 3.8) is 0 Å². The molecule has 0 bridgehead atoms. The van der Waals surface area contributed by atoms with Gasteiger partial charge in [0.15, 0.2) is 5.13 Å². The largest absolute Gasteiger partial charge is 0.386 e. The third kappa shape index (κ3) is 2.48. The van der Waals surface area contributed by atoms with E-state index in [4.69, 9.17) is 5.73 Å². The Bertz CT molecular complexity index is 519. The topological polar surface area (TPSA) is 82.3 Å². The fraction of sp³-hybridized carbons (Fsp3) is 0. The lowest BCUT2D eigenvalue weighted by Gasteiger charge is -1.86. The molecule has 17 heavy (non-hydrogen) atoms. The zero-order chi connectivity index (χ0) is 12.3. The van der Waals surface area contributed by atoms with E-state index in [9.17, 15) is 9.59 Å². The number of hydrogen-bond donors (Lipinski definition) is 1. The summed E-state index contributed by atoms with van der Waals surface area (Å²) in [5, 5.41) is 2.48. The Hall–Kier alpha value is -2.21. The Morgan fingerprint density at radius 1 is 1.12 bits per heavy atom. The second kappa shape index (κ2) is 4.75. The fourth-order valence-corrected chi connectivity index (χ4v) is 1.65. The van der Waals surface area contributed by atoms with Gasteiger partial charge in [-0.05, 0) is 12.1 Å². The van der Waals surface area contributed by atoms with Gasteiger partial charge in [-0.2, -0.15) is 0 Å². The molecule has 2 aromatic rings. The third-order valence-corrected chi connectivity index (χ3v) is 2.61. The molecule has 1 aliphatic heterocycles. The summed E-state index contributed by atoms with van der Waals surface area (Å²) in [6.07, 6.45) is 1.68. The highest BCUT2D eigenvalue weighted by molar-refractivity contribution is 7.13. The van der Waals surface area contributed by atoms with Crippen molar-refractivity contribution in [3.05, 3.63) is 47.0 Å². The third-order valence-electron chi connectivity index (χ3n) is 2.00. The highest BCUT2D eigenvalue weighted by Gasteiger charge is 2.28. The molecular weight excluding hydrogens is 240 g/mol. The van der Waals surface area contributed by atoms with E-state index in [-0.39, 0.29) is 0 Å². The highest BCUT2D eigenvalue weighted by Crippen LogP contribution is 2.18. The van der Waals surface area contributed by atoms with Crippen molar-refractivity contribution in [2.75, 3.05) is 5.73 Å². The standard InChI is InChI=1S/C8H4O3.C3H4N2S/c9-7-5-3-1-2-4-6(5)8(10)11-7;4-3-5-1-2-6-3/h1-4H;1-2H,(H2,4,5). The number of aromatic nitrogens is 1. The van der Waals surface area contributed by atoms with Crippen LogP contribution in [0.25, 0.3) is 0 Å². The first kappa shape index (κ1) is 11.3. The molecule has 1 aliphatic rings. The molecule has 1 aromatic heterocycles. The molecule has 0 fully saturated rings. The van der Waals surface area contributed by atoms with Gasteiger partial charge in [-0.25, -0.2) is 14.6 Å². The number of nitrogen functional groups attached to an aromatic ring is 1. The SMILES string of the molecule is Nc1nccs1.O=C1OC(=O)c2ccccc21. The molecule has 3 rings (SSSR count). The summed E-state index contributed by atoms with van der Waals surface area (Å²) in [7, 11) is 0. The fourth-order valence-electron chi connectivity index (χ4n) is 1.27. The maximum atomic E-state index is 10.8. The van der Waals surface area contributed by atoms with Gasteiger partial charge in [0.1, 0.15) is 0 Å². The number of carbonyl (C=O) groups excluding carboxylic acids is 2. The van der Waals surface area contributed by atoms with E-state index in [0.717, 1.165) is 0 Å². The van der Waals surface area contributed by atoms with Crippen LogP contribution in [0.5, 0.6) is 0 Å². The summed E-state index contributed by atoms with van der Waals surface area (Å²) in [4.78, 5) is 25.4. The van der Waals surface area contributed by atoms with Crippen molar-refractivity contribution in [2.24, 2.45) is 0 Å².